The summed E-state index contributed by atoms with van der Waals surface area (Å²) in [6.45, 7) is 2.34. The molecule has 0 bridgehead atoms. The van der Waals surface area contributed by atoms with Gasteiger partial charge in [0, 0.05) is 11.0 Å². The Morgan fingerprint density at radius 1 is 1.21 bits per heavy atom. The second-order valence-electron chi connectivity index (χ2n) is 5.24. The van der Waals surface area contributed by atoms with E-state index in [0.29, 0.717) is 18.0 Å². The Hall–Kier alpha value is -1.73. The first kappa shape index (κ1) is 17.1. The standard InChI is InChI=1S/C17H15Br2NO4/c1-10(24-14-5-3-12(18)7-13(14)19)17(21)20-8-11-2-4-15-16(6-11)23-9-22-15/h2-7,10H,8-9H2,1H3,(H,20,21). The van der Waals surface area contributed by atoms with E-state index < -0.39 is 6.10 Å². The van der Waals surface area contributed by atoms with E-state index in [9.17, 15) is 4.79 Å². The van der Waals surface area contributed by atoms with Crippen LogP contribution in [-0.4, -0.2) is 18.8 Å². The number of carbonyl (C=O) groups excluding carboxylic acids is 1. The fourth-order valence-electron chi connectivity index (χ4n) is 2.20. The third kappa shape index (κ3) is 4.02. The summed E-state index contributed by atoms with van der Waals surface area (Å²) in [5.74, 6) is 1.85. The molecule has 1 atom stereocenters. The van der Waals surface area contributed by atoms with Crippen molar-refractivity contribution in [2.45, 2.75) is 19.6 Å². The molecule has 1 aliphatic heterocycles. The number of rotatable bonds is 5. The fraction of sp³-hybridized carbons (Fsp3) is 0.235. The first-order valence-corrected chi connectivity index (χ1v) is 8.89. The summed E-state index contributed by atoms with van der Waals surface area (Å²) in [4.78, 5) is 12.2. The van der Waals surface area contributed by atoms with Gasteiger partial charge in [0.1, 0.15) is 5.75 Å². The first-order chi connectivity index (χ1) is 11.5. The zero-order valence-corrected chi connectivity index (χ0v) is 16.0. The van der Waals surface area contributed by atoms with E-state index in [2.05, 4.69) is 37.2 Å². The number of nitrogens with one attached hydrogen (secondary N) is 1. The lowest BCUT2D eigenvalue weighted by Crippen LogP contribution is -2.35. The molecule has 24 heavy (non-hydrogen) atoms. The van der Waals surface area contributed by atoms with Gasteiger partial charge in [0.25, 0.3) is 5.91 Å². The third-order valence-electron chi connectivity index (χ3n) is 3.47. The van der Waals surface area contributed by atoms with Crippen LogP contribution in [-0.2, 0) is 11.3 Å². The SMILES string of the molecule is CC(Oc1ccc(Br)cc1Br)C(=O)NCc1ccc2c(c1)OCO2. The second kappa shape index (κ2) is 7.44. The molecule has 0 aromatic heterocycles. The third-order valence-corrected chi connectivity index (χ3v) is 4.58. The zero-order chi connectivity index (χ0) is 17.1. The average Bonchev–Trinajstić information content (AvgIpc) is 3.02. The summed E-state index contributed by atoms with van der Waals surface area (Å²) < 4.78 is 18.0. The molecule has 1 heterocycles. The largest absolute Gasteiger partial charge is 0.480 e. The van der Waals surface area contributed by atoms with Crippen LogP contribution in [0.25, 0.3) is 0 Å². The van der Waals surface area contributed by atoms with Gasteiger partial charge in [-0.2, -0.15) is 0 Å². The van der Waals surface area contributed by atoms with Crippen molar-refractivity contribution in [3.63, 3.8) is 0 Å². The van der Waals surface area contributed by atoms with E-state index in [-0.39, 0.29) is 12.7 Å². The van der Waals surface area contributed by atoms with Crippen molar-refractivity contribution in [3.05, 3.63) is 50.9 Å². The summed E-state index contributed by atoms with van der Waals surface area (Å²) in [6, 6.07) is 11.1. The van der Waals surface area contributed by atoms with Crippen LogP contribution in [0.15, 0.2) is 45.3 Å². The van der Waals surface area contributed by atoms with Gasteiger partial charge in [0.15, 0.2) is 17.6 Å². The van der Waals surface area contributed by atoms with Crippen LogP contribution < -0.4 is 19.5 Å². The van der Waals surface area contributed by atoms with Crippen molar-refractivity contribution in [2.75, 3.05) is 6.79 Å². The van der Waals surface area contributed by atoms with Gasteiger partial charge in [-0.1, -0.05) is 22.0 Å². The van der Waals surface area contributed by atoms with Crippen molar-refractivity contribution < 1.29 is 19.0 Å². The van der Waals surface area contributed by atoms with Crippen molar-refractivity contribution >= 4 is 37.8 Å². The zero-order valence-electron chi connectivity index (χ0n) is 12.8. The Kier molecular flexibility index (Phi) is 5.30. The Balaban J connectivity index is 1.56. The molecular weight excluding hydrogens is 442 g/mol. The summed E-state index contributed by atoms with van der Waals surface area (Å²) in [5.41, 5.74) is 0.935. The van der Waals surface area contributed by atoms with Crippen molar-refractivity contribution in [1.29, 1.82) is 0 Å². The highest BCUT2D eigenvalue weighted by Crippen LogP contribution is 2.32. The molecule has 0 saturated heterocycles. The molecule has 2 aromatic carbocycles. The summed E-state index contributed by atoms with van der Waals surface area (Å²) in [6.07, 6.45) is -0.614. The van der Waals surface area contributed by atoms with Crippen molar-refractivity contribution in [1.82, 2.24) is 5.32 Å². The molecule has 0 aliphatic carbocycles. The second-order valence-corrected chi connectivity index (χ2v) is 7.01. The molecule has 1 amide bonds. The van der Waals surface area contributed by atoms with Gasteiger partial charge < -0.3 is 19.5 Å². The summed E-state index contributed by atoms with van der Waals surface area (Å²) in [5, 5.41) is 2.86. The molecule has 1 unspecified atom stereocenters. The topological polar surface area (TPSA) is 56.8 Å². The minimum absolute atomic E-state index is 0.192. The van der Waals surface area contributed by atoms with Gasteiger partial charge in [0.2, 0.25) is 6.79 Å². The molecule has 0 saturated carbocycles. The number of fused-ring (bicyclic) bond motifs is 1. The van der Waals surface area contributed by atoms with Crippen LogP contribution in [0, 0.1) is 0 Å². The van der Waals surface area contributed by atoms with Crippen LogP contribution in [0.3, 0.4) is 0 Å². The van der Waals surface area contributed by atoms with Crippen molar-refractivity contribution in [2.24, 2.45) is 0 Å². The molecule has 0 fully saturated rings. The van der Waals surface area contributed by atoms with Crippen LogP contribution >= 0.6 is 31.9 Å². The van der Waals surface area contributed by atoms with E-state index in [1.165, 1.54) is 0 Å². The van der Waals surface area contributed by atoms with E-state index in [1.807, 2.05) is 30.3 Å². The molecule has 1 aliphatic rings. The Bertz CT molecular complexity index is 766. The number of hydrogen-bond donors (Lipinski definition) is 1. The monoisotopic (exact) mass is 455 g/mol. The summed E-state index contributed by atoms with van der Waals surface area (Å²) in [7, 11) is 0. The lowest BCUT2D eigenvalue weighted by molar-refractivity contribution is -0.127. The van der Waals surface area contributed by atoms with Gasteiger partial charge in [-0.05, 0) is 58.7 Å². The minimum atomic E-state index is -0.614. The number of hydrogen-bond acceptors (Lipinski definition) is 4. The van der Waals surface area contributed by atoms with Crippen LogP contribution in [0.5, 0.6) is 17.2 Å². The van der Waals surface area contributed by atoms with Crippen LogP contribution in [0.1, 0.15) is 12.5 Å². The average molecular weight is 457 g/mol. The molecule has 0 spiro atoms. The van der Waals surface area contributed by atoms with E-state index in [0.717, 1.165) is 20.3 Å². The molecule has 0 radical (unpaired) electrons. The van der Waals surface area contributed by atoms with Gasteiger partial charge in [0.05, 0.1) is 4.47 Å². The Morgan fingerprint density at radius 3 is 2.79 bits per heavy atom. The maximum absolute atomic E-state index is 12.2. The number of halogens is 2. The van der Waals surface area contributed by atoms with Gasteiger partial charge in [-0.25, -0.2) is 0 Å². The predicted molar refractivity (Wildman–Crippen MR) is 96.3 cm³/mol. The lowest BCUT2D eigenvalue weighted by atomic mass is 10.2. The molecular formula is C17H15Br2NO4. The first-order valence-electron chi connectivity index (χ1n) is 7.31. The normalized spacial score (nSPS) is 13.5. The Morgan fingerprint density at radius 2 is 2.00 bits per heavy atom. The van der Waals surface area contributed by atoms with E-state index >= 15 is 0 Å². The lowest BCUT2D eigenvalue weighted by Gasteiger charge is -2.16. The molecule has 2 aromatic rings. The highest BCUT2D eigenvalue weighted by Gasteiger charge is 2.17. The Labute approximate surface area is 156 Å². The predicted octanol–water partition coefficient (Wildman–Crippen LogP) is 4.02. The van der Waals surface area contributed by atoms with Gasteiger partial charge >= 0.3 is 0 Å². The number of amides is 1. The highest BCUT2D eigenvalue weighted by atomic mass is 79.9. The maximum atomic E-state index is 12.2. The van der Waals surface area contributed by atoms with Gasteiger partial charge in [-0.15, -0.1) is 0 Å². The molecule has 7 heteroatoms. The van der Waals surface area contributed by atoms with Crippen LogP contribution in [0.2, 0.25) is 0 Å². The molecule has 1 N–H and O–H groups in total. The molecule has 126 valence electrons. The molecule has 3 rings (SSSR count). The summed E-state index contributed by atoms with van der Waals surface area (Å²) >= 11 is 6.80. The smallest absolute Gasteiger partial charge is 0.261 e. The minimum Gasteiger partial charge on any atom is -0.480 e. The van der Waals surface area contributed by atoms with E-state index in [4.69, 9.17) is 14.2 Å². The molecule has 5 nitrogen and oxygen atoms in total. The van der Waals surface area contributed by atoms with Crippen LogP contribution in [0.4, 0.5) is 0 Å². The highest BCUT2D eigenvalue weighted by molar-refractivity contribution is 9.11. The van der Waals surface area contributed by atoms with Crippen molar-refractivity contribution in [3.8, 4) is 17.2 Å². The number of benzene rings is 2. The number of carbonyl (C=O) groups is 1. The van der Waals surface area contributed by atoms with E-state index in [1.54, 1.807) is 13.0 Å². The quantitative estimate of drug-likeness (QED) is 0.738. The fourth-order valence-corrected chi connectivity index (χ4v) is 3.34. The number of ether oxygens (including phenoxy) is 3. The maximum Gasteiger partial charge on any atom is 0.261 e. The van der Waals surface area contributed by atoms with Gasteiger partial charge in [-0.3, -0.25) is 4.79 Å².